The Bertz CT molecular complexity index is 315. The zero-order valence-corrected chi connectivity index (χ0v) is 7.14. The highest BCUT2D eigenvalue weighted by Crippen LogP contribution is 2.26. The zero-order valence-electron chi connectivity index (χ0n) is 7.14. The van der Waals surface area contributed by atoms with Crippen LogP contribution in [0.4, 0.5) is 13.2 Å². The standard InChI is InChI=1S/C8H8F3NO/c1-4-5(13-2)3-12-7(6(4)9)8(10)11/h3,8H,1-2H3. The number of alkyl halides is 2. The largest absolute Gasteiger partial charge is 0.495 e. The summed E-state index contributed by atoms with van der Waals surface area (Å²) >= 11 is 0. The third-order valence-electron chi connectivity index (χ3n) is 1.67. The van der Waals surface area contributed by atoms with Gasteiger partial charge in [0.25, 0.3) is 6.43 Å². The quantitative estimate of drug-likeness (QED) is 0.716. The van der Waals surface area contributed by atoms with Crippen molar-refractivity contribution in [2.24, 2.45) is 0 Å². The van der Waals surface area contributed by atoms with Crippen molar-refractivity contribution in [2.45, 2.75) is 13.3 Å². The van der Waals surface area contributed by atoms with Gasteiger partial charge in [0.1, 0.15) is 11.4 Å². The Morgan fingerprint density at radius 3 is 2.54 bits per heavy atom. The minimum absolute atomic E-state index is 0.0489. The van der Waals surface area contributed by atoms with Crippen molar-refractivity contribution in [3.8, 4) is 5.75 Å². The van der Waals surface area contributed by atoms with Crippen LogP contribution in [0.3, 0.4) is 0 Å². The molecule has 0 aliphatic carbocycles. The molecule has 0 radical (unpaired) electrons. The second kappa shape index (κ2) is 3.64. The average Bonchev–Trinajstić information content (AvgIpc) is 2.09. The van der Waals surface area contributed by atoms with Crippen molar-refractivity contribution in [3.63, 3.8) is 0 Å². The zero-order chi connectivity index (χ0) is 10.0. The van der Waals surface area contributed by atoms with Gasteiger partial charge < -0.3 is 4.74 Å². The molecule has 1 rings (SSSR count). The Labute approximate surface area is 73.4 Å². The Morgan fingerprint density at radius 2 is 2.08 bits per heavy atom. The van der Waals surface area contributed by atoms with Gasteiger partial charge >= 0.3 is 0 Å². The molecule has 0 aromatic carbocycles. The van der Waals surface area contributed by atoms with Crippen LogP contribution < -0.4 is 4.74 Å². The van der Waals surface area contributed by atoms with E-state index in [-0.39, 0.29) is 11.3 Å². The number of ether oxygens (including phenoxy) is 1. The van der Waals surface area contributed by atoms with E-state index in [1.165, 1.54) is 14.0 Å². The van der Waals surface area contributed by atoms with Crippen LogP contribution in [0.2, 0.25) is 0 Å². The summed E-state index contributed by atoms with van der Waals surface area (Å²) in [6, 6.07) is 0. The van der Waals surface area contributed by atoms with E-state index in [4.69, 9.17) is 4.74 Å². The molecule has 2 nitrogen and oxygen atoms in total. The van der Waals surface area contributed by atoms with Crippen LogP contribution in [-0.2, 0) is 0 Å². The van der Waals surface area contributed by atoms with E-state index in [9.17, 15) is 13.2 Å². The van der Waals surface area contributed by atoms with E-state index in [2.05, 4.69) is 4.98 Å². The highest BCUT2D eigenvalue weighted by molar-refractivity contribution is 5.33. The maximum absolute atomic E-state index is 13.1. The third-order valence-corrected chi connectivity index (χ3v) is 1.67. The molecular weight excluding hydrogens is 183 g/mol. The number of rotatable bonds is 2. The molecule has 0 unspecified atom stereocenters. The fraction of sp³-hybridized carbons (Fsp3) is 0.375. The Hall–Kier alpha value is -1.26. The molecule has 1 aromatic heterocycles. The van der Waals surface area contributed by atoms with Crippen molar-refractivity contribution < 1.29 is 17.9 Å². The fourth-order valence-corrected chi connectivity index (χ4v) is 0.940. The van der Waals surface area contributed by atoms with Gasteiger partial charge in [-0.25, -0.2) is 18.2 Å². The summed E-state index contributed by atoms with van der Waals surface area (Å²) < 4.78 is 42.0. The number of nitrogens with zero attached hydrogens (tertiary/aromatic N) is 1. The molecule has 0 N–H and O–H groups in total. The predicted molar refractivity (Wildman–Crippen MR) is 40.4 cm³/mol. The predicted octanol–water partition coefficient (Wildman–Crippen LogP) is 2.48. The molecule has 0 saturated heterocycles. The Kier molecular flexibility index (Phi) is 2.75. The number of halogens is 3. The molecule has 13 heavy (non-hydrogen) atoms. The molecule has 0 fully saturated rings. The summed E-state index contributed by atoms with van der Waals surface area (Å²) in [4.78, 5) is 3.26. The van der Waals surface area contributed by atoms with Crippen molar-refractivity contribution in [1.29, 1.82) is 0 Å². The van der Waals surface area contributed by atoms with E-state index in [0.29, 0.717) is 0 Å². The lowest BCUT2D eigenvalue weighted by molar-refractivity contribution is 0.140. The number of hydrogen-bond acceptors (Lipinski definition) is 2. The van der Waals surface area contributed by atoms with Crippen molar-refractivity contribution >= 4 is 0 Å². The highest BCUT2D eigenvalue weighted by atomic mass is 19.3. The normalized spacial score (nSPS) is 10.6. The van der Waals surface area contributed by atoms with Crippen LogP contribution in [0, 0.1) is 12.7 Å². The van der Waals surface area contributed by atoms with Crippen LogP contribution in [0.15, 0.2) is 6.20 Å². The fourth-order valence-electron chi connectivity index (χ4n) is 0.940. The number of aromatic nitrogens is 1. The van der Waals surface area contributed by atoms with Crippen LogP contribution in [0.1, 0.15) is 17.7 Å². The van der Waals surface area contributed by atoms with Crippen LogP contribution in [-0.4, -0.2) is 12.1 Å². The minimum Gasteiger partial charge on any atom is -0.495 e. The monoisotopic (exact) mass is 191 g/mol. The molecule has 1 heterocycles. The summed E-state index contributed by atoms with van der Waals surface area (Å²) in [6.07, 6.45) is -1.82. The molecule has 0 atom stereocenters. The molecule has 0 spiro atoms. The van der Waals surface area contributed by atoms with E-state index < -0.39 is 17.9 Å². The van der Waals surface area contributed by atoms with Gasteiger partial charge in [-0.1, -0.05) is 0 Å². The van der Waals surface area contributed by atoms with E-state index >= 15 is 0 Å². The molecule has 0 amide bonds. The van der Waals surface area contributed by atoms with Gasteiger partial charge in [0.15, 0.2) is 5.82 Å². The Balaban J connectivity index is 3.23. The average molecular weight is 191 g/mol. The maximum Gasteiger partial charge on any atom is 0.283 e. The molecule has 72 valence electrons. The lowest BCUT2D eigenvalue weighted by Gasteiger charge is -2.07. The topological polar surface area (TPSA) is 22.1 Å². The second-order valence-corrected chi connectivity index (χ2v) is 2.45. The first kappa shape index (κ1) is 9.83. The molecule has 5 heteroatoms. The van der Waals surface area contributed by atoms with Crippen LogP contribution in [0.25, 0.3) is 0 Å². The van der Waals surface area contributed by atoms with Crippen LogP contribution in [0.5, 0.6) is 5.75 Å². The molecule has 0 saturated carbocycles. The summed E-state index contributed by atoms with van der Waals surface area (Å²) in [7, 11) is 1.32. The number of pyridine rings is 1. The van der Waals surface area contributed by atoms with E-state index in [1.807, 2.05) is 0 Å². The van der Waals surface area contributed by atoms with Crippen molar-refractivity contribution in [1.82, 2.24) is 4.98 Å². The van der Waals surface area contributed by atoms with Gasteiger partial charge in [-0.05, 0) is 6.92 Å². The summed E-state index contributed by atoms with van der Waals surface area (Å²) in [5.41, 5.74) is -0.786. The maximum atomic E-state index is 13.1. The van der Waals surface area contributed by atoms with Crippen LogP contribution >= 0.6 is 0 Å². The van der Waals surface area contributed by atoms with Gasteiger partial charge in [0.2, 0.25) is 0 Å². The van der Waals surface area contributed by atoms with Crippen molar-refractivity contribution in [3.05, 3.63) is 23.3 Å². The van der Waals surface area contributed by atoms with Gasteiger partial charge in [-0.15, -0.1) is 0 Å². The van der Waals surface area contributed by atoms with Gasteiger partial charge in [0.05, 0.1) is 13.3 Å². The summed E-state index contributed by atoms with van der Waals surface area (Å²) in [5.74, 6) is -0.837. The molecular formula is C8H8F3NO. The third kappa shape index (κ3) is 1.74. The Morgan fingerprint density at radius 1 is 1.46 bits per heavy atom. The molecule has 0 aliphatic heterocycles. The van der Waals surface area contributed by atoms with Gasteiger partial charge in [-0.2, -0.15) is 0 Å². The van der Waals surface area contributed by atoms with Crippen molar-refractivity contribution in [2.75, 3.05) is 7.11 Å². The first-order chi connectivity index (χ1) is 6.07. The first-order valence-corrected chi connectivity index (χ1v) is 3.55. The number of hydrogen-bond donors (Lipinski definition) is 0. The molecule has 0 aliphatic rings. The van der Waals surface area contributed by atoms with Gasteiger partial charge in [-0.3, -0.25) is 0 Å². The second-order valence-electron chi connectivity index (χ2n) is 2.45. The van der Waals surface area contributed by atoms with Gasteiger partial charge in [0, 0.05) is 5.56 Å². The highest BCUT2D eigenvalue weighted by Gasteiger charge is 2.18. The molecule has 1 aromatic rings. The summed E-state index contributed by atoms with van der Waals surface area (Å²) in [6.45, 7) is 1.36. The lowest BCUT2D eigenvalue weighted by atomic mass is 10.2. The van der Waals surface area contributed by atoms with E-state index in [1.54, 1.807) is 0 Å². The smallest absolute Gasteiger partial charge is 0.283 e. The van der Waals surface area contributed by atoms with E-state index in [0.717, 1.165) is 6.20 Å². The first-order valence-electron chi connectivity index (χ1n) is 3.55. The number of methoxy groups -OCH3 is 1. The minimum atomic E-state index is -2.90. The lowest BCUT2D eigenvalue weighted by Crippen LogP contribution is -2.00. The SMILES string of the molecule is COc1cnc(C(F)F)c(F)c1C. The summed E-state index contributed by atoms with van der Waals surface area (Å²) in [5, 5.41) is 0. The molecule has 0 bridgehead atoms.